The van der Waals surface area contributed by atoms with E-state index in [0.29, 0.717) is 11.8 Å². The van der Waals surface area contributed by atoms with Crippen LogP contribution in [0.25, 0.3) is 0 Å². The van der Waals surface area contributed by atoms with E-state index in [-0.39, 0.29) is 0 Å². The summed E-state index contributed by atoms with van der Waals surface area (Å²) in [6.07, 6.45) is 2.99. The lowest BCUT2D eigenvalue weighted by atomic mass is 9.86. The number of aromatic nitrogens is 3. The molecular weight excluding hydrogens is 222 g/mol. The van der Waals surface area contributed by atoms with Crippen LogP contribution in [-0.2, 0) is 6.54 Å². The molecule has 0 N–H and O–H groups in total. The Bertz CT molecular complexity index is 473. The molecule has 18 heavy (non-hydrogen) atoms. The van der Waals surface area contributed by atoms with Gasteiger partial charge in [0.2, 0.25) is 0 Å². The van der Waals surface area contributed by atoms with Crippen LogP contribution in [-0.4, -0.2) is 15.0 Å². The Morgan fingerprint density at radius 3 is 2.50 bits per heavy atom. The van der Waals surface area contributed by atoms with E-state index in [0.717, 1.165) is 13.0 Å². The molecule has 0 amide bonds. The van der Waals surface area contributed by atoms with Crippen LogP contribution in [0, 0.1) is 5.92 Å². The summed E-state index contributed by atoms with van der Waals surface area (Å²) in [7, 11) is 0. The number of hydrogen-bond acceptors (Lipinski definition) is 2. The van der Waals surface area contributed by atoms with Gasteiger partial charge in [0.25, 0.3) is 0 Å². The molecule has 2 rings (SSSR count). The minimum atomic E-state index is 0.368. The smallest absolute Gasteiger partial charge is 0.0731 e. The van der Waals surface area contributed by atoms with Crippen LogP contribution in [0.15, 0.2) is 36.5 Å². The standard InChI is InChI=1S/C15H21N3/c1-4-10-18-14(11-16-17-18)15(12(2)3)13-8-6-5-7-9-13/h5-9,11-12,15H,4,10H2,1-3H3/t15-/m0/s1. The lowest BCUT2D eigenvalue weighted by Crippen LogP contribution is -2.15. The molecule has 1 heterocycles. The normalized spacial score (nSPS) is 12.9. The Hall–Kier alpha value is -1.64. The van der Waals surface area contributed by atoms with Crippen molar-refractivity contribution in [3.63, 3.8) is 0 Å². The van der Waals surface area contributed by atoms with Crippen molar-refractivity contribution in [3.8, 4) is 0 Å². The molecule has 0 spiro atoms. The van der Waals surface area contributed by atoms with E-state index in [1.54, 1.807) is 0 Å². The van der Waals surface area contributed by atoms with E-state index in [4.69, 9.17) is 0 Å². The van der Waals surface area contributed by atoms with Crippen LogP contribution >= 0.6 is 0 Å². The molecule has 0 fully saturated rings. The van der Waals surface area contributed by atoms with Crippen molar-refractivity contribution in [1.82, 2.24) is 15.0 Å². The van der Waals surface area contributed by atoms with Crippen molar-refractivity contribution in [3.05, 3.63) is 47.8 Å². The molecule has 1 atom stereocenters. The first-order valence-corrected chi connectivity index (χ1v) is 6.67. The Morgan fingerprint density at radius 2 is 1.89 bits per heavy atom. The van der Waals surface area contributed by atoms with Gasteiger partial charge in [0.05, 0.1) is 11.9 Å². The summed E-state index contributed by atoms with van der Waals surface area (Å²) in [6.45, 7) is 7.60. The van der Waals surface area contributed by atoms with Crippen LogP contribution in [0.5, 0.6) is 0 Å². The Kier molecular flexibility index (Phi) is 4.13. The molecule has 0 radical (unpaired) electrons. The molecule has 3 nitrogen and oxygen atoms in total. The van der Waals surface area contributed by atoms with Crippen molar-refractivity contribution in [2.45, 2.75) is 39.7 Å². The highest BCUT2D eigenvalue weighted by atomic mass is 15.4. The van der Waals surface area contributed by atoms with Gasteiger partial charge in [-0.2, -0.15) is 0 Å². The molecular formula is C15H21N3. The molecule has 0 bridgehead atoms. The van der Waals surface area contributed by atoms with Gasteiger partial charge < -0.3 is 0 Å². The summed E-state index contributed by atoms with van der Waals surface area (Å²) < 4.78 is 2.04. The zero-order chi connectivity index (χ0) is 13.0. The molecule has 1 aromatic carbocycles. The molecule has 0 saturated carbocycles. The number of rotatable bonds is 5. The second-order valence-corrected chi connectivity index (χ2v) is 5.01. The third-order valence-electron chi connectivity index (χ3n) is 3.23. The number of aryl methyl sites for hydroxylation is 1. The van der Waals surface area contributed by atoms with Crippen molar-refractivity contribution < 1.29 is 0 Å². The molecule has 0 saturated heterocycles. The third-order valence-corrected chi connectivity index (χ3v) is 3.23. The summed E-state index contributed by atoms with van der Waals surface area (Å²) in [5.41, 5.74) is 2.56. The maximum Gasteiger partial charge on any atom is 0.0731 e. The fourth-order valence-electron chi connectivity index (χ4n) is 2.45. The van der Waals surface area contributed by atoms with Gasteiger partial charge >= 0.3 is 0 Å². The third kappa shape index (κ3) is 2.61. The summed E-state index contributed by atoms with van der Waals surface area (Å²) >= 11 is 0. The van der Waals surface area contributed by atoms with Crippen molar-refractivity contribution in [2.75, 3.05) is 0 Å². The van der Waals surface area contributed by atoms with Crippen LogP contribution in [0.2, 0.25) is 0 Å². The average Bonchev–Trinajstić information content (AvgIpc) is 2.79. The van der Waals surface area contributed by atoms with Crippen molar-refractivity contribution in [2.24, 2.45) is 5.92 Å². The molecule has 0 aliphatic carbocycles. The first-order valence-electron chi connectivity index (χ1n) is 6.67. The van der Waals surface area contributed by atoms with E-state index < -0.39 is 0 Å². The second kappa shape index (κ2) is 5.80. The number of hydrogen-bond donors (Lipinski definition) is 0. The first-order chi connectivity index (χ1) is 8.74. The van der Waals surface area contributed by atoms with E-state index in [1.165, 1.54) is 11.3 Å². The van der Waals surface area contributed by atoms with E-state index in [2.05, 4.69) is 61.4 Å². The molecule has 0 aliphatic heterocycles. The lowest BCUT2D eigenvalue weighted by Gasteiger charge is -2.21. The number of nitrogens with zero attached hydrogens (tertiary/aromatic N) is 3. The molecule has 96 valence electrons. The zero-order valence-electron chi connectivity index (χ0n) is 11.4. The Labute approximate surface area is 109 Å². The topological polar surface area (TPSA) is 30.7 Å². The fourth-order valence-corrected chi connectivity index (χ4v) is 2.45. The van der Waals surface area contributed by atoms with Gasteiger partial charge in [0, 0.05) is 12.5 Å². The van der Waals surface area contributed by atoms with Gasteiger partial charge in [-0.15, -0.1) is 5.10 Å². The van der Waals surface area contributed by atoms with Crippen molar-refractivity contribution in [1.29, 1.82) is 0 Å². The summed E-state index contributed by atoms with van der Waals surface area (Å²) in [6, 6.07) is 10.6. The van der Waals surface area contributed by atoms with Crippen LogP contribution in [0.4, 0.5) is 0 Å². The highest BCUT2D eigenvalue weighted by molar-refractivity contribution is 5.28. The molecule has 2 aromatic rings. The summed E-state index contributed by atoms with van der Waals surface area (Å²) in [5, 5.41) is 8.28. The quantitative estimate of drug-likeness (QED) is 0.805. The largest absolute Gasteiger partial charge is 0.249 e. The fraction of sp³-hybridized carbons (Fsp3) is 0.467. The van der Waals surface area contributed by atoms with Gasteiger partial charge in [-0.05, 0) is 17.9 Å². The van der Waals surface area contributed by atoms with Crippen LogP contribution in [0.3, 0.4) is 0 Å². The second-order valence-electron chi connectivity index (χ2n) is 5.01. The SMILES string of the molecule is CCCn1nncc1[C@H](c1ccccc1)C(C)C. The molecule has 0 unspecified atom stereocenters. The molecule has 1 aromatic heterocycles. The predicted molar refractivity (Wildman–Crippen MR) is 73.4 cm³/mol. The average molecular weight is 243 g/mol. The van der Waals surface area contributed by atoms with Crippen LogP contribution < -0.4 is 0 Å². The van der Waals surface area contributed by atoms with Crippen LogP contribution in [0.1, 0.15) is 44.4 Å². The number of benzene rings is 1. The highest BCUT2D eigenvalue weighted by Gasteiger charge is 2.22. The van der Waals surface area contributed by atoms with Gasteiger partial charge in [0.15, 0.2) is 0 Å². The maximum absolute atomic E-state index is 4.20. The molecule has 3 heteroatoms. The monoisotopic (exact) mass is 243 g/mol. The van der Waals surface area contributed by atoms with E-state index in [9.17, 15) is 0 Å². The maximum atomic E-state index is 4.20. The van der Waals surface area contributed by atoms with Gasteiger partial charge in [-0.3, -0.25) is 0 Å². The minimum absolute atomic E-state index is 0.368. The summed E-state index contributed by atoms with van der Waals surface area (Å²) in [5.74, 6) is 0.897. The first kappa shape index (κ1) is 12.8. The zero-order valence-corrected chi connectivity index (χ0v) is 11.4. The van der Waals surface area contributed by atoms with Gasteiger partial charge in [-0.25, -0.2) is 4.68 Å². The van der Waals surface area contributed by atoms with Gasteiger partial charge in [-0.1, -0.05) is 56.3 Å². The Morgan fingerprint density at radius 1 is 1.17 bits per heavy atom. The highest BCUT2D eigenvalue weighted by Crippen LogP contribution is 2.31. The molecule has 0 aliphatic rings. The Balaban J connectivity index is 2.39. The van der Waals surface area contributed by atoms with Crippen molar-refractivity contribution >= 4 is 0 Å². The van der Waals surface area contributed by atoms with E-state index in [1.807, 2.05) is 10.9 Å². The minimum Gasteiger partial charge on any atom is -0.249 e. The summed E-state index contributed by atoms with van der Waals surface area (Å²) in [4.78, 5) is 0. The van der Waals surface area contributed by atoms with E-state index >= 15 is 0 Å². The van der Waals surface area contributed by atoms with Gasteiger partial charge in [0.1, 0.15) is 0 Å². The lowest BCUT2D eigenvalue weighted by molar-refractivity contribution is 0.487. The predicted octanol–water partition coefficient (Wildman–Crippen LogP) is 3.48.